The summed E-state index contributed by atoms with van der Waals surface area (Å²) in [7, 11) is 0. The van der Waals surface area contributed by atoms with Gasteiger partial charge in [-0.2, -0.15) is 13.2 Å². The first-order valence-corrected chi connectivity index (χ1v) is 5.39. The summed E-state index contributed by atoms with van der Waals surface area (Å²) >= 11 is 0. The Morgan fingerprint density at radius 1 is 1.44 bits per heavy atom. The van der Waals surface area contributed by atoms with Gasteiger partial charge in [0.1, 0.15) is 11.4 Å². The molecule has 0 aliphatic heterocycles. The van der Waals surface area contributed by atoms with Gasteiger partial charge in [0, 0.05) is 5.70 Å². The van der Waals surface area contributed by atoms with E-state index in [0.29, 0.717) is 12.1 Å². The fraction of sp³-hybridized carbons (Fsp3) is 0.333. The summed E-state index contributed by atoms with van der Waals surface area (Å²) in [5, 5.41) is 2.50. The van der Waals surface area contributed by atoms with E-state index in [2.05, 4.69) is 10.3 Å². The largest absolute Gasteiger partial charge is 0.433 e. The predicted molar refractivity (Wildman–Crippen MR) is 60.8 cm³/mol. The van der Waals surface area contributed by atoms with Gasteiger partial charge >= 0.3 is 6.18 Å². The van der Waals surface area contributed by atoms with Crippen LogP contribution in [0.15, 0.2) is 30.0 Å². The van der Waals surface area contributed by atoms with Crippen molar-refractivity contribution in [2.24, 2.45) is 0 Å². The number of nitrogens with zero attached hydrogens (tertiary/aromatic N) is 1. The number of amides is 1. The van der Waals surface area contributed by atoms with Crippen LogP contribution in [-0.2, 0) is 6.18 Å². The van der Waals surface area contributed by atoms with Crippen molar-refractivity contribution in [3.63, 3.8) is 0 Å². The first kappa shape index (κ1) is 14.2. The van der Waals surface area contributed by atoms with E-state index >= 15 is 0 Å². The summed E-state index contributed by atoms with van der Waals surface area (Å²) in [4.78, 5) is 15.0. The molecule has 0 spiro atoms. The number of allylic oxidation sites excluding steroid dienone is 2. The smallest absolute Gasteiger partial charge is 0.325 e. The molecule has 0 fully saturated rings. The lowest BCUT2D eigenvalue weighted by atomic mass is 10.2. The first-order valence-electron chi connectivity index (χ1n) is 5.39. The number of nitrogens with one attached hydrogen (secondary N) is 1. The number of hydrogen-bond donors (Lipinski definition) is 1. The molecule has 6 heteroatoms. The summed E-state index contributed by atoms with van der Waals surface area (Å²) in [6, 6.07) is 3.23. The maximum atomic E-state index is 12.4. The molecular weight excluding hydrogens is 245 g/mol. The van der Waals surface area contributed by atoms with Gasteiger partial charge in [0.2, 0.25) is 0 Å². The van der Waals surface area contributed by atoms with Gasteiger partial charge < -0.3 is 5.32 Å². The summed E-state index contributed by atoms with van der Waals surface area (Å²) in [6.45, 7) is 3.56. The normalized spacial score (nSPS) is 12.4. The molecule has 1 heterocycles. The lowest BCUT2D eigenvalue weighted by Gasteiger charge is -2.09. The first-order chi connectivity index (χ1) is 8.38. The monoisotopic (exact) mass is 258 g/mol. The number of halogens is 3. The predicted octanol–water partition coefficient (Wildman–Crippen LogP) is 3.14. The van der Waals surface area contributed by atoms with Crippen molar-refractivity contribution in [2.45, 2.75) is 26.4 Å². The molecule has 1 rings (SSSR count). The van der Waals surface area contributed by atoms with E-state index in [9.17, 15) is 18.0 Å². The molecule has 1 aromatic rings. The van der Waals surface area contributed by atoms with E-state index in [1.165, 1.54) is 6.07 Å². The van der Waals surface area contributed by atoms with Crippen molar-refractivity contribution in [2.75, 3.05) is 0 Å². The van der Waals surface area contributed by atoms with Crippen LogP contribution in [-0.4, -0.2) is 10.9 Å². The second kappa shape index (κ2) is 5.66. The molecule has 0 saturated heterocycles. The Bertz CT molecular complexity index is 467. The zero-order valence-electron chi connectivity index (χ0n) is 10.0. The van der Waals surface area contributed by atoms with E-state index in [1.807, 2.05) is 6.92 Å². The van der Waals surface area contributed by atoms with Crippen LogP contribution in [0.2, 0.25) is 0 Å². The highest BCUT2D eigenvalue weighted by molar-refractivity contribution is 5.93. The number of carbonyl (C=O) groups is 1. The number of rotatable bonds is 3. The van der Waals surface area contributed by atoms with Gasteiger partial charge in [0.05, 0.1) is 0 Å². The molecule has 0 aliphatic rings. The van der Waals surface area contributed by atoms with Gasteiger partial charge in [-0.25, -0.2) is 4.98 Å². The van der Waals surface area contributed by atoms with Crippen LogP contribution in [0.3, 0.4) is 0 Å². The highest BCUT2D eigenvalue weighted by atomic mass is 19.4. The molecule has 0 aliphatic carbocycles. The Morgan fingerprint density at radius 2 is 2.11 bits per heavy atom. The van der Waals surface area contributed by atoms with Gasteiger partial charge in [0.15, 0.2) is 0 Å². The molecule has 1 N–H and O–H groups in total. The Kier molecular flexibility index (Phi) is 4.47. The summed E-state index contributed by atoms with van der Waals surface area (Å²) in [5.74, 6) is -0.643. The van der Waals surface area contributed by atoms with Crippen LogP contribution in [0.1, 0.15) is 36.5 Å². The molecule has 0 unspecified atom stereocenters. The molecule has 0 bridgehead atoms. The summed E-state index contributed by atoms with van der Waals surface area (Å²) in [6.07, 6.45) is -2.28. The molecule has 0 aromatic carbocycles. The zero-order valence-corrected chi connectivity index (χ0v) is 10.0. The molecule has 3 nitrogen and oxygen atoms in total. The second-order valence-corrected chi connectivity index (χ2v) is 3.53. The zero-order chi connectivity index (χ0) is 13.8. The van der Waals surface area contributed by atoms with Gasteiger partial charge in [-0.15, -0.1) is 0 Å². The number of pyridine rings is 1. The van der Waals surface area contributed by atoms with E-state index < -0.39 is 17.8 Å². The second-order valence-electron chi connectivity index (χ2n) is 3.53. The minimum atomic E-state index is -4.55. The van der Waals surface area contributed by atoms with Gasteiger partial charge in [0.25, 0.3) is 5.91 Å². The third-order valence-corrected chi connectivity index (χ3v) is 2.28. The van der Waals surface area contributed by atoms with Crippen LogP contribution in [0.5, 0.6) is 0 Å². The van der Waals surface area contributed by atoms with Gasteiger partial charge in [-0.1, -0.05) is 19.1 Å². The third-order valence-electron chi connectivity index (χ3n) is 2.28. The van der Waals surface area contributed by atoms with E-state index in [4.69, 9.17) is 0 Å². The van der Waals surface area contributed by atoms with Crippen molar-refractivity contribution in [3.05, 3.63) is 41.4 Å². The van der Waals surface area contributed by atoms with Crippen LogP contribution >= 0.6 is 0 Å². The summed E-state index contributed by atoms with van der Waals surface area (Å²) in [5.41, 5.74) is -0.689. The quantitative estimate of drug-likeness (QED) is 0.904. The van der Waals surface area contributed by atoms with Crippen LogP contribution in [0.4, 0.5) is 13.2 Å². The number of aromatic nitrogens is 1. The van der Waals surface area contributed by atoms with E-state index in [1.54, 1.807) is 13.0 Å². The van der Waals surface area contributed by atoms with Gasteiger partial charge in [-0.05, 0) is 25.5 Å². The molecule has 1 aromatic heterocycles. The van der Waals surface area contributed by atoms with Crippen LogP contribution in [0, 0.1) is 0 Å². The molecular formula is C12H13F3N2O. The molecule has 1 amide bonds. The fourth-order valence-electron chi connectivity index (χ4n) is 1.29. The van der Waals surface area contributed by atoms with Gasteiger partial charge in [-0.3, -0.25) is 4.79 Å². The maximum Gasteiger partial charge on any atom is 0.433 e. The van der Waals surface area contributed by atoms with Crippen LogP contribution in [0.25, 0.3) is 0 Å². The standard InChI is InChI=1S/C12H13F3N2O/c1-3-8(4-2)16-11(18)9-6-5-7-10(17-9)12(13,14)15/h3,5-7H,4H2,1-2H3,(H,16,18)/b8-3+. The van der Waals surface area contributed by atoms with Crippen molar-refractivity contribution < 1.29 is 18.0 Å². The van der Waals surface area contributed by atoms with Crippen molar-refractivity contribution in [3.8, 4) is 0 Å². The Morgan fingerprint density at radius 3 is 2.61 bits per heavy atom. The minimum absolute atomic E-state index is 0.252. The van der Waals surface area contributed by atoms with Crippen molar-refractivity contribution in [1.82, 2.24) is 10.3 Å². The van der Waals surface area contributed by atoms with Crippen LogP contribution < -0.4 is 5.32 Å². The Hall–Kier alpha value is -1.85. The topological polar surface area (TPSA) is 42.0 Å². The van der Waals surface area contributed by atoms with E-state index in [-0.39, 0.29) is 5.69 Å². The highest BCUT2D eigenvalue weighted by Gasteiger charge is 2.32. The molecule has 98 valence electrons. The van der Waals surface area contributed by atoms with E-state index in [0.717, 1.165) is 12.1 Å². The number of alkyl halides is 3. The Labute approximate surface area is 103 Å². The van der Waals surface area contributed by atoms with Crippen molar-refractivity contribution in [1.29, 1.82) is 0 Å². The molecule has 18 heavy (non-hydrogen) atoms. The fourth-order valence-corrected chi connectivity index (χ4v) is 1.29. The molecule has 0 radical (unpaired) electrons. The number of carbonyl (C=O) groups excluding carboxylic acids is 1. The minimum Gasteiger partial charge on any atom is -0.325 e. The highest BCUT2D eigenvalue weighted by Crippen LogP contribution is 2.27. The SMILES string of the molecule is C/C=C(\CC)NC(=O)c1cccc(C(F)(F)F)n1. The maximum absolute atomic E-state index is 12.4. The Balaban J connectivity index is 2.94. The average molecular weight is 258 g/mol. The lowest BCUT2D eigenvalue weighted by molar-refractivity contribution is -0.141. The molecule has 0 atom stereocenters. The number of hydrogen-bond acceptors (Lipinski definition) is 2. The average Bonchev–Trinajstić information content (AvgIpc) is 2.34. The molecule has 0 saturated carbocycles. The third kappa shape index (κ3) is 3.58. The van der Waals surface area contributed by atoms with Crippen molar-refractivity contribution >= 4 is 5.91 Å². The lowest BCUT2D eigenvalue weighted by Crippen LogP contribution is -2.24. The summed E-state index contributed by atoms with van der Waals surface area (Å²) < 4.78 is 37.3.